The van der Waals surface area contributed by atoms with Crippen molar-refractivity contribution in [1.29, 1.82) is 0 Å². The number of hydrogen-bond acceptors (Lipinski definition) is 3. The third-order valence-electron chi connectivity index (χ3n) is 3.02. The number of pyridine rings is 1. The molecule has 0 saturated heterocycles. The van der Waals surface area contributed by atoms with Crippen LogP contribution in [0.2, 0.25) is 0 Å². The summed E-state index contributed by atoms with van der Waals surface area (Å²) in [7, 11) is 0. The Kier molecular flexibility index (Phi) is 4.85. The van der Waals surface area contributed by atoms with Crippen LogP contribution >= 0.6 is 0 Å². The lowest BCUT2D eigenvalue weighted by atomic mass is 10.00. The first-order valence-electron chi connectivity index (χ1n) is 6.77. The molecule has 1 aromatic heterocycles. The Morgan fingerprint density at radius 3 is 2.48 bits per heavy atom. The lowest BCUT2D eigenvalue weighted by Crippen LogP contribution is -2.16. The molecular formula is C16H18F2N2O. The Labute approximate surface area is 122 Å². The van der Waals surface area contributed by atoms with Gasteiger partial charge < -0.3 is 10.5 Å². The van der Waals surface area contributed by atoms with Crippen molar-refractivity contribution >= 4 is 0 Å². The smallest absolute Gasteiger partial charge is 0.138 e. The molecule has 21 heavy (non-hydrogen) atoms. The molecule has 0 spiro atoms. The number of benzene rings is 1. The quantitative estimate of drug-likeness (QED) is 0.919. The van der Waals surface area contributed by atoms with E-state index in [2.05, 4.69) is 4.98 Å². The van der Waals surface area contributed by atoms with Crippen molar-refractivity contribution in [2.45, 2.75) is 32.4 Å². The van der Waals surface area contributed by atoms with Gasteiger partial charge in [0.2, 0.25) is 0 Å². The molecule has 0 aliphatic carbocycles. The summed E-state index contributed by atoms with van der Waals surface area (Å²) in [6.45, 7) is 3.81. The molecule has 1 aromatic carbocycles. The van der Waals surface area contributed by atoms with Gasteiger partial charge in [-0.1, -0.05) is 6.07 Å². The fraction of sp³-hybridized carbons (Fsp3) is 0.312. The molecular weight excluding hydrogens is 274 g/mol. The molecule has 0 amide bonds. The predicted molar refractivity (Wildman–Crippen MR) is 77.0 cm³/mol. The predicted octanol–water partition coefficient (Wildman–Crippen LogP) is 3.39. The van der Waals surface area contributed by atoms with Crippen LogP contribution in [0.1, 0.15) is 31.0 Å². The van der Waals surface area contributed by atoms with Gasteiger partial charge in [-0.25, -0.2) is 8.78 Å². The second kappa shape index (κ2) is 6.63. The molecule has 2 rings (SSSR count). The van der Waals surface area contributed by atoms with Gasteiger partial charge in [0.05, 0.1) is 12.3 Å². The third-order valence-corrected chi connectivity index (χ3v) is 3.02. The summed E-state index contributed by atoms with van der Waals surface area (Å²) in [6, 6.07) is 4.97. The first-order chi connectivity index (χ1) is 9.97. The highest BCUT2D eigenvalue weighted by atomic mass is 19.1. The van der Waals surface area contributed by atoms with Crippen LogP contribution in [0.4, 0.5) is 8.78 Å². The van der Waals surface area contributed by atoms with E-state index in [1.54, 1.807) is 18.5 Å². The van der Waals surface area contributed by atoms with E-state index in [1.807, 2.05) is 13.8 Å². The number of ether oxygens (including phenoxy) is 1. The zero-order valence-corrected chi connectivity index (χ0v) is 12.0. The third kappa shape index (κ3) is 3.98. The molecule has 1 atom stereocenters. The fourth-order valence-electron chi connectivity index (χ4n) is 2.04. The lowest BCUT2D eigenvalue weighted by molar-refractivity contribution is 0.241. The van der Waals surface area contributed by atoms with Gasteiger partial charge in [-0.05, 0) is 44.0 Å². The van der Waals surface area contributed by atoms with Crippen molar-refractivity contribution in [1.82, 2.24) is 4.98 Å². The van der Waals surface area contributed by atoms with Crippen LogP contribution < -0.4 is 10.5 Å². The van der Waals surface area contributed by atoms with Crippen LogP contribution in [0.5, 0.6) is 5.75 Å². The summed E-state index contributed by atoms with van der Waals surface area (Å²) in [5.41, 5.74) is 6.70. The second-order valence-corrected chi connectivity index (χ2v) is 5.13. The summed E-state index contributed by atoms with van der Waals surface area (Å²) in [4.78, 5) is 4.05. The maximum Gasteiger partial charge on any atom is 0.138 e. The molecule has 3 nitrogen and oxygen atoms in total. The summed E-state index contributed by atoms with van der Waals surface area (Å²) >= 11 is 0. The van der Waals surface area contributed by atoms with E-state index in [0.717, 1.165) is 0 Å². The van der Waals surface area contributed by atoms with Crippen molar-refractivity contribution in [2.24, 2.45) is 5.73 Å². The largest absolute Gasteiger partial charge is 0.489 e. The molecule has 0 saturated carbocycles. The SMILES string of the molecule is CC(C)Oc1cncc(C(N)Cc2c(F)cccc2F)c1. The van der Waals surface area contributed by atoms with Crippen LogP contribution in [0.3, 0.4) is 0 Å². The molecule has 1 unspecified atom stereocenters. The Bertz CT molecular complexity index is 597. The molecule has 2 N–H and O–H groups in total. The molecule has 0 bridgehead atoms. The van der Waals surface area contributed by atoms with E-state index in [1.165, 1.54) is 18.2 Å². The molecule has 112 valence electrons. The number of nitrogens with two attached hydrogens (primary N) is 1. The van der Waals surface area contributed by atoms with Gasteiger partial charge >= 0.3 is 0 Å². The van der Waals surface area contributed by atoms with Gasteiger partial charge in [0.15, 0.2) is 0 Å². The monoisotopic (exact) mass is 292 g/mol. The first kappa shape index (κ1) is 15.4. The van der Waals surface area contributed by atoms with Gasteiger partial charge in [0.25, 0.3) is 0 Å². The molecule has 1 heterocycles. The van der Waals surface area contributed by atoms with Gasteiger partial charge in [-0.2, -0.15) is 0 Å². The number of nitrogens with zero attached hydrogens (tertiary/aromatic N) is 1. The normalized spacial score (nSPS) is 12.5. The van der Waals surface area contributed by atoms with Gasteiger partial charge in [-0.15, -0.1) is 0 Å². The number of halogens is 2. The maximum atomic E-state index is 13.6. The van der Waals surface area contributed by atoms with Crippen LogP contribution in [0.15, 0.2) is 36.7 Å². The first-order valence-corrected chi connectivity index (χ1v) is 6.77. The number of aromatic nitrogens is 1. The van der Waals surface area contributed by atoms with Crippen molar-refractivity contribution in [3.8, 4) is 5.75 Å². The van der Waals surface area contributed by atoms with Crippen molar-refractivity contribution in [3.05, 3.63) is 59.4 Å². The van der Waals surface area contributed by atoms with Crippen LogP contribution in [0, 0.1) is 11.6 Å². The van der Waals surface area contributed by atoms with E-state index >= 15 is 0 Å². The lowest BCUT2D eigenvalue weighted by Gasteiger charge is -2.15. The molecule has 0 fully saturated rings. The average Bonchev–Trinajstić information content (AvgIpc) is 2.42. The zero-order chi connectivity index (χ0) is 15.4. The number of rotatable bonds is 5. The summed E-state index contributed by atoms with van der Waals surface area (Å²) in [6.07, 6.45) is 3.24. The Morgan fingerprint density at radius 2 is 1.86 bits per heavy atom. The van der Waals surface area contributed by atoms with Gasteiger partial charge in [0, 0.05) is 17.8 Å². The standard InChI is InChI=1S/C16H18F2N2O/c1-10(2)21-12-6-11(8-20-9-12)16(19)7-13-14(17)4-3-5-15(13)18/h3-6,8-10,16H,7,19H2,1-2H3. The topological polar surface area (TPSA) is 48.1 Å². The van der Waals surface area contributed by atoms with Crippen LogP contribution in [-0.2, 0) is 6.42 Å². The van der Waals surface area contributed by atoms with E-state index in [4.69, 9.17) is 10.5 Å². The van der Waals surface area contributed by atoms with Gasteiger partial charge in [-0.3, -0.25) is 4.98 Å². The summed E-state index contributed by atoms with van der Waals surface area (Å²) < 4.78 is 32.8. The molecule has 2 aromatic rings. The molecule has 5 heteroatoms. The molecule has 0 aliphatic rings. The fourth-order valence-corrected chi connectivity index (χ4v) is 2.04. The Balaban J connectivity index is 2.18. The van der Waals surface area contributed by atoms with E-state index < -0.39 is 17.7 Å². The number of hydrogen-bond donors (Lipinski definition) is 1. The van der Waals surface area contributed by atoms with E-state index in [-0.39, 0.29) is 18.1 Å². The minimum absolute atomic E-state index is 0.0137. The minimum atomic E-state index is -0.590. The highest BCUT2D eigenvalue weighted by molar-refractivity contribution is 5.29. The van der Waals surface area contributed by atoms with Crippen molar-refractivity contribution < 1.29 is 13.5 Å². The zero-order valence-electron chi connectivity index (χ0n) is 12.0. The second-order valence-electron chi connectivity index (χ2n) is 5.13. The molecule has 0 radical (unpaired) electrons. The van der Waals surface area contributed by atoms with Crippen LogP contribution in [0.25, 0.3) is 0 Å². The van der Waals surface area contributed by atoms with E-state index in [9.17, 15) is 8.78 Å². The summed E-state index contributed by atoms with van der Waals surface area (Å²) in [5, 5.41) is 0. The maximum absolute atomic E-state index is 13.6. The highest BCUT2D eigenvalue weighted by Gasteiger charge is 2.15. The molecule has 0 aliphatic heterocycles. The van der Waals surface area contributed by atoms with E-state index in [0.29, 0.717) is 11.3 Å². The summed E-state index contributed by atoms with van der Waals surface area (Å²) in [5.74, 6) is -0.590. The van der Waals surface area contributed by atoms with Crippen molar-refractivity contribution in [3.63, 3.8) is 0 Å². The Morgan fingerprint density at radius 1 is 1.19 bits per heavy atom. The highest BCUT2D eigenvalue weighted by Crippen LogP contribution is 2.23. The Hall–Kier alpha value is -2.01. The van der Waals surface area contributed by atoms with Crippen LogP contribution in [-0.4, -0.2) is 11.1 Å². The average molecular weight is 292 g/mol. The minimum Gasteiger partial charge on any atom is -0.489 e. The van der Waals surface area contributed by atoms with Gasteiger partial charge in [0.1, 0.15) is 17.4 Å². The van der Waals surface area contributed by atoms with Crippen molar-refractivity contribution in [2.75, 3.05) is 0 Å².